The molecule has 3 saturated carbocycles. The molecule has 2 heterocycles. The van der Waals surface area contributed by atoms with Crippen LogP contribution in [0.4, 0.5) is 0 Å². The summed E-state index contributed by atoms with van der Waals surface area (Å²) < 4.78 is 11.7. The lowest BCUT2D eigenvalue weighted by Crippen LogP contribution is -2.68. The highest BCUT2D eigenvalue weighted by Gasteiger charge is 2.89. The molecule has 0 radical (unpaired) electrons. The van der Waals surface area contributed by atoms with Crippen molar-refractivity contribution in [1.29, 1.82) is 0 Å². The predicted octanol–water partition coefficient (Wildman–Crippen LogP) is 4.27. The molecule has 1 spiro atoms. The zero-order valence-electron chi connectivity index (χ0n) is 18.9. The number of fused-ring (bicyclic) bond motifs is 3. The van der Waals surface area contributed by atoms with Gasteiger partial charge >= 0.3 is 0 Å². The van der Waals surface area contributed by atoms with Crippen LogP contribution in [0.5, 0.6) is 0 Å². The molecule has 4 aliphatic carbocycles. The first-order valence-electron chi connectivity index (χ1n) is 11.5. The summed E-state index contributed by atoms with van der Waals surface area (Å²) >= 11 is 0. The third-order valence-electron chi connectivity index (χ3n) is 10.5. The van der Waals surface area contributed by atoms with Crippen LogP contribution in [0.15, 0.2) is 35.2 Å². The van der Waals surface area contributed by atoms with Crippen LogP contribution in [0.3, 0.4) is 0 Å². The second-order valence-corrected chi connectivity index (χ2v) is 11.8. The Kier molecular flexibility index (Phi) is 3.36. The second kappa shape index (κ2) is 5.31. The van der Waals surface area contributed by atoms with E-state index < -0.39 is 27.9 Å². The van der Waals surface area contributed by atoms with Crippen LogP contribution in [0, 0.1) is 33.5 Å². The monoisotopic (exact) mass is 422 g/mol. The molecular formula is C26H30O5. The van der Waals surface area contributed by atoms with Gasteiger partial charge in [0.1, 0.15) is 17.5 Å². The van der Waals surface area contributed by atoms with E-state index in [1.54, 1.807) is 18.6 Å². The number of furan rings is 1. The van der Waals surface area contributed by atoms with Gasteiger partial charge in [-0.2, -0.15) is 0 Å². The number of hydrogen-bond acceptors (Lipinski definition) is 5. The van der Waals surface area contributed by atoms with E-state index in [1.807, 2.05) is 19.9 Å². The van der Waals surface area contributed by atoms with Gasteiger partial charge in [-0.25, -0.2) is 0 Å². The summed E-state index contributed by atoms with van der Waals surface area (Å²) in [7, 11) is 0. The van der Waals surface area contributed by atoms with Gasteiger partial charge < -0.3 is 9.15 Å². The fourth-order valence-electron chi connectivity index (χ4n) is 8.91. The minimum absolute atomic E-state index is 0.0313. The SMILES string of the molecule is CC1(C)C(=O)C=C[C@]2(C)[C@H]3CC[C@@]4(C)[C@H](c5ccoc5)C(=O)[C@H]5O[C@]54[C@]3(C)C(=O)C[C@@H]12. The van der Waals surface area contributed by atoms with Crippen LogP contribution in [-0.4, -0.2) is 29.1 Å². The first kappa shape index (κ1) is 19.7. The van der Waals surface area contributed by atoms with Gasteiger partial charge in [0, 0.05) is 22.8 Å². The smallest absolute Gasteiger partial charge is 0.172 e. The molecule has 1 aliphatic heterocycles. The van der Waals surface area contributed by atoms with Crippen molar-refractivity contribution < 1.29 is 23.5 Å². The second-order valence-electron chi connectivity index (χ2n) is 11.8. The average Bonchev–Trinajstić information content (AvgIpc) is 3.19. The highest BCUT2D eigenvalue weighted by molar-refractivity contribution is 6.02. The van der Waals surface area contributed by atoms with Crippen molar-refractivity contribution in [1.82, 2.24) is 0 Å². The highest BCUT2D eigenvalue weighted by Crippen LogP contribution is 2.80. The normalized spacial score (nSPS) is 51.7. The molecule has 5 aliphatic rings. The summed E-state index contributed by atoms with van der Waals surface area (Å²) in [5.41, 5.74) is -1.96. The summed E-state index contributed by atoms with van der Waals surface area (Å²) in [6.07, 6.45) is 8.54. The van der Waals surface area contributed by atoms with Gasteiger partial charge in [-0.05, 0) is 49.2 Å². The van der Waals surface area contributed by atoms with E-state index in [4.69, 9.17) is 9.15 Å². The quantitative estimate of drug-likeness (QED) is 0.632. The molecular weight excluding hydrogens is 392 g/mol. The Hall–Kier alpha value is -2.01. The predicted molar refractivity (Wildman–Crippen MR) is 112 cm³/mol. The van der Waals surface area contributed by atoms with Crippen LogP contribution in [0.2, 0.25) is 0 Å². The Morgan fingerprint density at radius 2 is 1.77 bits per heavy atom. The lowest BCUT2D eigenvalue weighted by molar-refractivity contribution is -0.185. The number of epoxide rings is 1. The molecule has 0 N–H and O–H groups in total. The first-order chi connectivity index (χ1) is 14.5. The standard InChI is InChI=1S/C26H30O5/c1-22(2)16-12-18(28)25(5)15(23(16,3)9-7-17(22)27)6-10-24(4)19(14-8-11-30-13-14)20(29)21-26(24,25)31-21/h7-9,11,13,15-16,19,21H,6,10,12H2,1-5H3/t15-,16+,19-,21-,23-,24+,25+,26-/m1/s1. The van der Waals surface area contributed by atoms with Gasteiger partial charge in [0.25, 0.3) is 0 Å². The molecule has 0 amide bonds. The zero-order valence-corrected chi connectivity index (χ0v) is 18.9. The molecule has 0 bridgehead atoms. The van der Waals surface area contributed by atoms with E-state index in [2.05, 4.69) is 26.8 Å². The average molecular weight is 423 g/mol. The van der Waals surface area contributed by atoms with Crippen LogP contribution < -0.4 is 0 Å². The number of ether oxygens (including phenoxy) is 1. The van der Waals surface area contributed by atoms with Crippen molar-refractivity contribution in [3.63, 3.8) is 0 Å². The van der Waals surface area contributed by atoms with E-state index in [0.29, 0.717) is 6.42 Å². The molecule has 1 aromatic heterocycles. The van der Waals surface area contributed by atoms with Gasteiger partial charge in [-0.1, -0.05) is 33.8 Å². The molecule has 1 saturated heterocycles. The third kappa shape index (κ3) is 1.82. The minimum Gasteiger partial charge on any atom is -0.472 e. The van der Waals surface area contributed by atoms with E-state index in [-0.39, 0.29) is 40.5 Å². The van der Waals surface area contributed by atoms with E-state index >= 15 is 0 Å². The lowest BCUT2D eigenvalue weighted by Gasteiger charge is -2.64. The summed E-state index contributed by atoms with van der Waals surface area (Å²) in [4.78, 5) is 40.2. The molecule has 0 aromatic carbocycles. The first-order valence-corrected chi connectivity index (χ1v) is 11.5. The molecule has 6 rings (SSSR count). The molecule has 1 aromatic rings. The van der Waals surface area contributed by atoms with Gasteiger partial charge in [0.05, 0.1) is 23.9 Å². The van der Waals surface area contributed by atoms with Crippen LogP contribution >= 0.6 is 0 Å². The Labute approximate surface area is 182 Å². The zero-order chi connectivity index (χ0) is 22.2. The lowest BCUT2D eigenvalue weighted by atomic mass is 9.37. The molecule has 8 atom stereocenters. The van der Waals surface area contributed by atoms with Crippen LogP contribution in [-0.2, 0) is 19.1 Å². The van der Waals surface area contributed by atoms with Crippen molar-refractivity contribution in [2.24, 2.45) is 33.5 Å². The number of rotatable bonds is 1. The largest absolute Gasteiger partial charge is 0.472 e. The Balaban J connectivity index is 1.52. The van der Waals surface area contributed by atoms with Crippen molar-refractivity contribution in [3.8, 4) is 0 Å². The Morgan fingerprint density at radius 3 is 2.45 bits per heavy atom. The fourth-order valence-corrected chi connectivity index (χ4v) is 8.91. The summed E-state index contributed by atoms with van der Waals surface area (Å²) in [5.74, 6) is 0.0280. The molecule has 4 fully saturated rings. The number of allylic oxidation sites excluding steroid dienone is 2. The van der Waals surface area contributed by atoms with Crippen molar-refractivity contribution in [2.45, 2.75) is 71.5 Å². The molecule has 31 heavy (non-hydrogen) atoms. The van der Waals surface area contributed by atoms with Crippen LogP contribution in [0.25, 0.3) is 0 Å². The number of carbonyl (C=O) groups excluding carboxylic acids is 3. The topological polar surface area (TPSA) is 76.9 Å². The van der Waals surface area contributed by atoms with Gasteiger partial charge in [-0.15, -0.1) is 0 Å². The maximum atomic E-state index is 14.0. The van der Waals surface area contributed by atoms with Crippen molar-refractivity contribution >= 4 is 17.3 Å². The third-order valence-corrected chi connectivity index (χ3v) is 10.5. The van der Waals surface area contributed by atoms with Gasteiger partial charge in [0.2, 0.25) is 0 Å². The molecule has 5 nitrogen and oxygen atoms in total. The summed E-state index contributed by atoms with van der Waals surface area (Å²) in [6.45, 7) is 10.4. The Bertz CT molecular complexity index is 1070. The molecule has 5 heteroatoms. The Morgan fingerprint density at radius 1 is 1.03 bits per heavy atom. The number of Topliss-reactive ketones (excluding diaryl/α,β-unsaturated/α-hetero) is 2. The van der Waals surface area contributed by atoms with Gasteiger partial charge in [0.15, 0.2) is 11.6 Å². The van der Waals surface area contributed by atoms with Gasteiger partial charge in [-0.3, -0.25) is 14.4 Å². The number of ketones is 3. The summed E-state index contributed by atoms with van der Waals surface area (Å²) in [6, 6.07) is 1.87. The molecule has 164 valence electrons. The van der Waals surface area contributed by atoms with E-state index in [9.17, 15) is 14.4 Å². The number of hydrogen-bond donors (Lipinski definition) is 0. The maximum Gasteiger partial charge on any atom is 0.172 e. The minimum atomic E-state index is -0.771. The maximum absolute atomic E-state index is 14.0. The van der Waals surface area contributed by atoms with Crippen molar-refractivity contribution in [2.75, 3.05) is 0 Å². The summed E-state index contributed by atoms with van der Waals surface area (Å²) in [5, 5.41) is 0. The van der Waals surface area contributed by atoms with E-state index in [1.165, 1.54) is 0 Å². The van der Waals surface area contributed by atoms with E-state index in [0.717, 1.165) is 18.4 Å². The molecule has 0 unspecified atom stereocenters. The fraction of sp³-hybridized carbons (Fsp3) is 0.654. The highest BCUT2D eigenvalue weighted by atomic mass is 16.6. The van der Waals surface area contributed by atoms with Crippen molar-refractivity contribution in [3.05, 3.63) is 36.3 Å². The van der Waals surface area contributed by atoms with Crippen LogP contribution in [0.1, 0.15) is 65.4 Å². The number of carbonyl (C=O) groups is 3.